The zero-order chi connectivity index (χ0) is 13.2. The molecule has 0 aromatic carbocycles. The molecule has 1 unspecified atom stereocenters. The number of rotatable bonds is 2. The van der Waals surface area contributed by atoms with Gasteiger partial charge in [0.25, 0.3) is 5.91 Å². The molecule has 98 valence electrons. The van der Waals surface area contributed by atoms with E-state index in [1.807, 2.05) is 17.0 Å². The van der Waals surface area contributed by atoms with Gasteiger partial charge in [-0.3, -0.25) is 4.79 Å². The molecule has 1 aliphatic heterocycles. The Morgan fingerprint density at radius 3 is 3.11 bits per heavy atom. The molecule has 5 heteroatoms. The van der Waals surface area contributed by atoms with Gasteiger partial charge in [0.05, 0.1) is 6.04 Å². The molecule has 1 aliphatic rings. The highest BCUT2D eigenvalue weighted by atomic mass is 79.9. The average molecular weight is 337 g/mol. The molecule has 3 heterocycles. The fourth-order valence-corrected chi connectivity index (χ4v) is 3.63. The van der Waals surface area contributed by atoms with Gasteiger partial charge < -0.3 is 4.90 Å². The van der Waals surface area contributed by atoms with Crippen LogP contribution in [0.1, 0.15) is 34.9 Å². The fraction of sp³-hybridized carbons (Fsp3) is 0.286. The number of nitrogens with zero attached hydrogens (tertiary/aromatic N) is 2. The number of halogens is 1. The summed E-state index contributed by atoms with van der Waals surface area (Å²) < 4.78 is 0.760. The van der Waals surface area contributed by atoms with Crippen molar-refractivity contribution >= 4 is 33.2 Å². The predicted octanol–water partition coefficient (Wildman–Crippen LogP) is 3.88. The number of hydrogen-bond donors (Lipinski definition) is 0. The lowest BCUT2D eigenvalue weighted by Crippen LogP contribution is -2.31. The van der Waals surface area contributed by atoms with Crippen LogP contribution in [0.15, 0.2) is 39.6 Å². The van der Waals surface area contributed by atoms with E-state index in [4.69, 9.17) is 0 Å². The molecule has 0 bridgehead atoms. The maximum absolute atomic E-state index is 12.6. The third kappa shape index (κ3) is 2.44. The summed E-state index contributed by atoms with van der Waals surface area (Å²) in [5.74, 6) is 0.0150. The van der Waals surface area contributed by atoms with Crippen molar-refractivity contribution in [3.8, 4) is 0 Å². The lowest BCUT2D eigenvalue weighted by atomic mass is 10.1. The fourth-order valence-electron chi connectivity index (χ4n) is 2.50. The van der Waals surface area contributed by atoms with Gasteiger partial charge in [0.15, 0.2) is 0 Å². The number of likely N-dealkylation sites (tertiary alicyclic amines) is 1. The molecule has 0 N–H and O–H groups in total. The number of pyridine rings is 1. The maximum Gasteiger partial charge on any atom is 0.274 e. The van der Waals surface area contributed by atoms with Crippen LogP contribution < -0.4 is 0 Å². The lowest BCUT2D eigenvalue weighted by Gasteiger charge is -2.24. The SMILES string of the molecule is O=C(c1ncccc1Br)N1CCCC1c1ccsc1. The molecule has 0 radical (unpaired) electrons. The van der Waals surface area contributed by atoms with Crippen LogP contribution in [-0.2, 0) is 0 Å². The molecule has 0 spiro atoms. The van der Waals surface area contributed by atoms with Gasteiger partial charge in [0.1, 0.15) is 5.69 Å². The van der Waals surface area contributed by atoms with Gasteiger partial charge in [0, 0.05) is 17.2 Å². The van der Waals surface area contributed by atoms with Gasteiger partial charge in [-0.1, -0.05) is 0 Å². The highest BCUT2D eigenvalue weighted by Gasteiger charge is 2.32. The standard InChI is InChI=1S/C14H13BrN2OS/c15-11-3-1-6-16-13(11)14(18)17-7-2-4-12(17)10-5-8-19-9-10/h1,3,5-6,8-9,12H,2,4,7H2. The number of carbonyl (C=O) groups is 1. The summed E-state index contributed by atoms with van der Waals surface area (Å²) in [5, 5.41) is 4.19. The number of hydrogen-bond acceptors (Lipinski definition) is 3. The average Bonchev–Trinajstić information content (AvgIpc) is 3.09. The first-order valence-corrected chi connectivity index (χ1v) is 7.94. The minimum atomic E-state index is 0.0150. The number of thiophene rings is 1. The van der Waals surface area contributed by atoms with Crippen LogP contribution >= 0.6 is 27.3 Å². The van der Waals surface area contributed by atoms with Crippen LogP contribution in [0, 0.1) is 0 Å². The summed E-state index contributed by atoms with van der Waals surface area (Å²) in [7, 11) is 0. The third-order valence-electron chi connectivity index (χ3n) is 3.40. The van der Waals surface area contributed by atoms with Crippen molar-refractivity contribution in [3.05, 3.63) is 50.9 Å². The van der Waals surface area contributed by atoms with Crippen molar-refractivity contribution in [1.82, 2.24) is 9.88 Å². The summed E-state index contributed by atoms with van der Waals surface area (Å²) in [4.78, 5) is 18.8. The highest BCUT2D eigenvalue weighted by Crippen LogP contribution is 2.34. The van der Waals surface area contributed by atoms with Crippen molar-refractivity contribution in [3.63, 3.8) is 0 Å². The van der Waals surface area contributed by atoms with Gasteiger partial charge in [-0.05, 0) is 63.3 Å². The third-order valence-corrected chi connectivity index (χ3v) is 4.74. The zero-order valence-corrected chi connectivity index (χ0v) is 12.7. The van der Waals surface area contributed by atoms with Gasteiger partial charge in [0.2, 0.25) is 0 Å². The Morgan fingerprint density at radius 1 is 1.47 bits per heavy atom. The smallest absolute Gasteiger partial charge is 0.274 e. The van der Waals surface area contributed by atoms with Crippen LogP contribution in [0.4, 0.5) is 0 Å². The quantitative estimate of drug-likeness (QED) is 0.833. The van der Waals surface area contributed by atoms with Crippen LogP contribution in [0.25, 0.3) is 0 Å². The first-order chi connectivity index (χ1) is 9.27. The monoisotopic (exact) mass is 336 g/mol. The first kappa shape index (κ1) is 12.8. The number of amides is 1. The van der Waals surface area contributed by atoms with Crippen LogP contribution in [-0.4, -0.2) is 22.3 Å². The largest absolute Gasteiger partial charge is 0.330 e. The van der Waals surface area contributed by atoms with E-state index < -0.39 is 0 Å². The van der Waals surface area contributed by atoms with Crippen molar-refractivity contribution in [1.29, 1.82) is 0 Å². The molecule has 1 fully saturated rings. The Kier molecular flexibility index (Phi) is 3.66. The molecule has 0 aliphatic carbocycles. The molecule has 1 saturated heterocycles. The van der Waals surface area contributed by atoms with Crippen molar-refractivity contribution < 1.29 is 4.79 Å². The Morgan fingerprint density at radius 2 is 2.37 bits per heavy atom. The summed E-state index contributed by atoms with van der Waals surface area (Å²) in [6, 6.07) is 5.98. The first-order valence-electron chi connectivity index (χ1n) is 6.21. The van der Waals surface area contributed by atoms with Crippen molar-refractivity contribution in [2.45, 2.75) is 18.9 Å². The summed E-state index contributed by atoms with van der Waals surface area (Å²) >= 11 is 5.08. The van der Waals surface area contributed by atoms with Gasteiger partial charge >= 0.3 is 0 Å². The van der Waals surface area contributed by atoms with Gasteiger partial charge in [-0.15, -0.1) is 0 Å². The zero-order valence-electron chi connectivity index (χ0n) is 10.3. The van der Waals surface area contributed by atoms with Gasteiger partial charge in [-0.2, -0.15) is 11.3 Å². The summed E-state index contributed by atoms with van der Waals surface area (Å²) in [5.41, 5.74) is 1.74. The maximum atomic E-state index is 12.6. The molecular formula is C14H13BrN2OS. The van der Waals surface area contributed by atoms with E-state index in [0.717, 1.165) is 23.9 Å². The molecule has 2 aromatic rings. The molecule has 1 atom stereocenters. The van der Waals surface area contributed by atoms with E-state index in [-0.39, 0.29) is 11.9 Å². The second-order valence-electron chi connectivity index (χ2n) is 4.55. The second-order valence-corrected chi connectivity index (χ2v) is 6.18. The Labute approximate surface area is 124 Å². The molecule has 2 aromatic heterocycles. The Balaban J connectivity index is 1.89. The summed E-state index contributed by atoms with van der Waals surface area (Å²) in [6.07, 6.45) is 3.75. The molecular weight excluding hydrogens is 324 g/mol. The van der Waals surface area contributed by atoms with Gasteiger partial charge in [-0.25, -0.2) is 4.98 Å². The second kappa shape index (κ2) is 5.43. The van der Waals surface area contributed by atoms with E-state index in [1.54, 1.807) is 17.5 Å². The topological polar surface area (TPSA) is 33.2 Å². The molecule has 3 nitrogen and oxygen atoms in total. The van der Waals surface area contributed by atoms with Crippen molar-refractivity contribution in [2.75, 3.05) is 6.54 Å². The summed E-state index contributed by atoms with van der Waals surface area (Å²) in [6.45, 7) is 0.808. The number of carbonyl (C=O) groups excluding carboxylic acids is 1. The van der Waals surface area contributed by atoms with Crippen LogP contribution in [0.3, 0.4) is 0 Å². The molecule has 3 rings (SSSR count). The van der Waals surface area contributed by atoms with E-state index in [2.05, 4.69) is 37.7 Å². The van der Waals surface area contributed by atoms with Crippen LogP contribution in [0.5, 0.6) is 0 Å². The minimum Gasteiger partial charge on any atom is -0.330 e. The molecule has 0 saturated carbocycles. The minimum absolute atomic E-state index is 0.0150. The molecule has 19 heavy (non-hydrogen) atoms. The van der Waals surface area contributed by atoms with E-state index in [0.29, 0.717) is 5.69 Å². The lowest BCUT2D eigenvalue weighted by molar-refractivity contribution is 0.0729. The van der Waals surface area contributed by atoms with E-state index in [9.17, 15) is 4.79 Å². The number of aromatic nitrogens is 1. The molecule has 1 amide bonds. The van der Waals surface area contributed by atoms with Crippen LogP contribution in [0.2, 0.25) is 0 Å². The normalized spacial score (nSPS) is 18.8. The van der Waals surface area contributed by atoms with Crippen molar-refractivity contribution in [2.24, 2.45) is 0 Å². The van der Waals surface area contributed by atoms with E-state index in [1.165, 1.54) is 5.56 Å². The highest BCUT2D eigenvalue weighted by molar-refractivity contribution is 9.10. The predicted molar refractivity (Wildman–Crippen MR) is 79.3 cm³/mol. The Bertz CT molecular complexity index is 585. The Hall–Kier alpha value is -1.20. The van der Waals surface area contributed by atoms with E-state index >= 15 is 0 Å².